The van der Waals surface area contributed by atoms with Crippen molar-refractivity contribution in [2.45, 2.75) is 13.8 Å². The number of rotatable bonds is 7. The van der Waals surface area contributed by atoms with Gasteiger partial charge >= 0.3 is 5.97 Å². The number of aryl methyl sites for hydroxylation is 2. The number of methoxy groups -OCH3 is 1. The van der Waals surface area contributed by atoms with Gasteiger partial charge in [0, 0.05) is 5.02 Å². The Kier molecular flexibility index (Phi) is 6.42. The van der Waals surface area contributed by atoms with Crippen LogP contribution >= 0.6 is 11.6 Å². The number of carboxylic acids is 1. The van der Waals surface area contributed by atoms with Crippen molar-refractivity contribution in [1.82, 2.24) is 0 Å². The molecule has 2 rings (SSSR count). The zero-order valence-corrected chi connectivity index (χ0v) is 16.0. The van der Waals surface area contributed by atoms with Gasteiger partial charge in [-0.1, -0.05) is 17.7 Å². The van der Waals surface area contributed by atoms with Gasteiger partial charge in [0.25, 0.3) is 0 Å². The fourth-order valence-electron chi connectivity index (χ4n) is 2.54. The number of benzene rings is 2. The van der Waals surface area contributed by atoms with Crippen LogP contribution in [0.3, 0.4) is 0 Å². The van der Waals surface area contributed by atoms with Crippen LogP contribution in [0.5, 0.6) is 11.5 Å². The summed E-state index contributed by atoms with van der Waals surface area (Å²) in [7, 11) is 1.47. The molecule has 2 aromatic carbocycles. The molecule has 1 N–H and O–H groups in total. The molecule has 0 aliphatic rings. The van der Waals surface area contributed by atoms with E-state index in [1.165, 1.54) is 13.2 Å². The summed E-state index contributed by atoms with van der Waals surface area (Å²) in [6, 6.07) is 8.40. The smallest absolute Gasteiger partial charge is 0.371 e. The van der Waals surface area contributed by atoms with Crippen LogP contribution in [0.1, 0.15) is 27.0 Å². The number of carbonyl (C=O) groups excluding carboxylic acids is 1. The Hall–Kier alpha value is -3.05. The quantitative estimate of drug-likeness (QED) is 0.419. The molecule has 0 aliphatic heterocycles. The monoisotopic (exact) mass is 386 g/mol. The van der Waals surface area contributed by atoms with Gasteiger partial charge in [-0.25, -0.2) is 4.79 Å². The number of carbonyl (C=O) groups is 2. The van der Waals surface area contributed by atoms with Crippen LogP contribution in [0.2, 0.25) is 5.02 Å². The molecule has 140 valence electrons. The molecule has 0 unspecified atom stereocenters. The number of allylic oxidation sites excluding steroid dienone is 1. The normalized spacial score (nSPS) is 10.7. The summed E-state index contributed by atoms with van der Waals surface area (Å²) in [5.41, 5.74) is 2.64. The molecule has 27 heavy (non-hydrogen) atoms. The fraction of sp³-hybridized carbons (Fsp3) is 0.143. The number of halogens is 1. The number of aliphatic carboxylic acids is 1. The third-order valence-electron chi connectivity index (χ3n) is 3.80. The maximum absolute atomic E-state index is 12.5. The molecule has 0 heterocycles. The minimum absolute atomic E-state index is 0.224. The van der Waals surface area contributed by atoms with E-state index < -0.39 is 5.97 Å². The molecule has 0 bridgehead atoms. The number of hydrogen-bond acceptors (Lipinski definition) is 4. The van der Waals surface area contributed by atoms with E-state index in [0.29, 0.717) is 22.1 Å². The Morgan fingerprint density at radius 2 is 1.78 bits per heavy atom. The molecule has 0 spiro atoms. The molecular weight excluding hydrogens is 368 g/mol. The third kappa shape index (κ3) is 4.99. The van der Waals surface area contributed by atoms with Crippen molar-refractivity contribution in [3.8, 4) is 11.5 Å². The number of hydrogen-bond donors (Lipinski definition) is 1. The number of carboxylic acid groups (broad SMARTS) is 1. The predicted molar refractivity (Wildman–Crippen MR) is 105 cm³/mol. The molecule has 5 nitrogen and oxygen atoms in total. The van der Waals surface area contributed by atoms with Crippen LogP contribution in [0, 0.1) is 13.8 Å². The average molecular weight is 387 g/mol. The van der Waals surface area contributed by atoms with Crippen LogP contribution in [-0.2, 0) is 4.79 Å². The second-order valence-electron chi connectivity index (χ2n) is 5.86. The first-order valence-electron chi connectivity index (χ1n) is 8.00. The lowest BCUT2D eigenvalue weighted by Crippen LogP contribution is -2.07. The highest BCUT2D eigenvalue weighted by Crippen LogP contribution is 2.28. The summed E-state index contributed by atoms with van der Waals surface area (Å²) in [4.78, 5) is 23.3. The van der Waals surface area contributed by atoms with Crippen molar-refractivity contribution in [2.24, 2.45) is 0 Å². The van der Waals surface area contributed by atoms with Gasteiger partial charge in [-0.2, -0.15) is 0 Å². The Labute approximate surface area is 162 Å². The Morgan fingerprint density at radius 3 is 2.33 bits per heavy atom. The number of ether oxygens (including phenoxy) is 2. The van der Waals surface area contributed by atoms with E-state index in [4.69, 9.17) is 26.2 Å². The summed E-state index contributed by atoms with van der Waals surface area (Å²) in [5, 5.41) is 9.38. The Bertz CT molecular complexity index is 921. The van der Waals surface area contributed by atoms with Crippen molar-refractivity contribution < 1.29 is 24.2 Å². The van der Waals surface area contributed by atoms with Crippen LogP contribution in [0.4, 0.5) is 0 Å². The lowest BCUT2D eigenvalue weighted by molar-refractivity contribution is -0.135. The summed E-state index contributed by atoms with van der Waals surface area (Å²) >= 11 is 5.91. The highest BCUT2D eigenvalue weighted by molar-refractivity contribution is 6.31. The van der Waals surface area contributed by atoms with E-state index in [0.717, 1.165) is 16.7 Å². The highest BCUT2D eigenvalue weighted by atomic mass is 35.5. The van der Waals surface area contributed by atoms with Gasteiger partial charge in [0.1, 0.15) is 11.5 Å². The summed E-state index contributed by atoms with van der Waals surface area (Å²) in [6.07, 6.45) is 3.11. The molecule has 6 heteroatoms. The molecule has 0 radical (unpaired) electrons. The second-order valence-corrected chi connectivity index (χ2v) is 6.29. The topological polar surface area (TPSA) is 72.8 Å². The first-order chi connectivity index (χ1) is 12.7. The molecule has 0 aliphatic carbocycles. The van der Waals surface area contributed by atoms with Crippen LogP contribution in [-0.4, -0.2) is 24.0 Å². The zero-order chi connectivity index (χ0) is 20.1. The van der Waals surface area contributed by atoms with Crippen molar-refractivity contribution in [3.63, 3.8) is 0 Å². The SMILES string of the molecule is C=C(Oc1c(C)cc(/C=C/C(=O)c2ccc(Cl)cc2OC)cc1C)C(=O)O. The van der Waals surface area contributed by atoms with E-state index in [1.807, 2.05) is 0 Å². The van der Waals surface area contributed by atoms with Crippen molar-refractivity contribution in [2.75, 3.05) is 7.11 Å². The number of ketones is 1. The molecule has 0 atom stereocenters. The summed E-state index contributed by atoms with van der Waals surface area (Å²) in [6.45, 7) is 6.95. The minimum atomic E-state index is -1.22. The summed E-state index contributed by atoms with van der Waals surface area (Å²) < 4.78 is 10.5. The molecule has 0 amide bonds. The van der Waals surface area contributed by atoms with Gasteiger partial charge in [0.05, 0.1) is 12.7 Å². The third-order valence-corrected chi connectivity index (χ3v) is 4.04. The van der Waals surface area contributed by atoms with Crippen molar-refractivity contribution in [1.29, 1.82) is 0 Å². The van der Waals surface area contributed by atoms with E-state index in [-0.39, 0.29) is 11.5 Å². The van der Waals surface area contributed by atoms with Gasteiger partial charge < -0.3 is 14.6 Å². The van der Waals surface area contributed by atoms with Gasteiger partial charge in [-0.15, -0.1) is 0 Å². The van der Waals surface area contributed by atoms with Gasteiger partial charge in [-0.3, -0.25) is 4.79 Å². The molecule has 0 saturated heterocycles. The zero-order valence-electron chi connectivity index (χ0n) is 15.2. The van der Waals surface area contributed by atoms with Crippen LogP contribution in [0.25, 0.3) is 6.08 Å². The molecule has 0 saturated carbocycles. The van der Waals surface area contributed by atoms with E-state index in [1.54, 1.807) is 50.3 Å². The molecule has 0 fully saturated rings. The van der Waals surface area contributed by atoms with Gasteiger partial charge in [0.15, 0.2) is 5.78 Å². The fourth-order valence-corrected chi connectivity index (χ4v) is 2.70. The van der Waals surface area contributed by atoms with Gasteiger partial charge in [0.2, 0.25) is 5.76 Å². The van der Waals surface area contributed by atoms with E-state index >= 15 is 0 Å². The van der Waals surface area contributed by atoms with Crippen molar-refractivity contribution >= 4 is 29.4 Å². The highest BCUT2D eigenvalue weighted by Gasteiger charge is 2.13. The first kappa shape index (κ1) is 20.3. The maximum atomic E-state index is 12.5. The maximum Gasteiger partial charge on any atom is 0.371 e. The second kappa shape index (κ2) is 8.56. The average Bonchev–Trinajstić information content (AvgIpc) is 2.62. The van der Waals surface area contributed by atoms with Gasteiger partial charge in [-0.05, 0) is 73.5 Å². The standard InChI is InChI=1S/C21H19ClO5/c1-12-9-15(10-13(2)20(12)27-14(3)21(24)25)5-8-18(23)17-7-6-16(22)11-19(17)26-4/h5-11H,3H2,1-2,4H3,(H,24,25)/b8-5+. The predicted octanol–water partition coefficient (Wildman–Crippen LogP) is 4.84. The van der Waals surface area contributed by atoms with Crippen molar-refractivity contribution in [3.05, 3.63) is 76.0 Å². The Morgan fingerprint density at radius 1 is 1.15 bits per heavy atom. The lowest BCUT2D eigenvalue weighted by Gasteiger charge is -2.12. The Balaban J connectivity index is 2.26. The first-order valence-corrected chi connectivity index (χ1v) is 8.38. The summed E-state index contributed by atoms with van der Waals surface area (Å²) in [5.74, 6) is -0.959. The molecule has 0 aromatic heterocycles. The van der Waals surface area contributed by atoms with Crippen LogP contribution in [0.15, 0.2) is 48.7 Å². The largest absolute Gasteiger partial charge is 0.496 e. The van der Waals surface area contributed by atoms with E-state index in [9.17, 15) is 9.59 Å². The van der Waals surface area contributed by atoms with E-state index in [2.05, 4.69) is 6.58 Å². The molecule has 2 aromatic rings. The molecular formula is C21H19ClO5. The lowest BCUT2D eigenvalue weighted by atomic mass is 10.0. The minimum Gasteiger partial charge on any atom is -0.496 e. The van der Waals surface area contributed by atoms with Crippen LogP contribution < -0.4 is 9.47 Å².